The Kier molecular flexibility index (Phi) is 3.28. The van der Waals surface area contributed by atoms with Crippen molar-refractivity contribution in [3.8, 4) is 17.0 Å². The molecule has 0 saturated carbocycles. The SMILES string of the molecule is COc1cc(-c2ccc(=O)[nH]n2)cc(C(F)(F)F)c1. The van der Waals surface area contributed by atoms with Gasteiger partial charge in [0.25, 0.3) is 5.56 Å². The molecule has 0 spiro atoms. The van der Waals surface area contributed by atoms with Crippen molar-refractivity contribution < 1.29 is 17.9 Å². The first-order valence-corrected chi connectivity index (χ1v) is 5.22. The number of aromatic nitrogens is 2. The lowest BCUT2D eigenvalue weighted by Gasteiger charge is -2.11. The van der Waals surface area contributed by atoms with Crippen LogP contribution in [0, 0.1) is 0 Å². The van der Waals surface area contributed by atoms with Gasteiger partial charge in [0.1, 0.15) is 5.75 Å². The van der Waals surface area contributed by atoms with E-state index in [2.05, 4.69) is 10.2 Å². The van der Waals surface area contributed by atoms with Gasteiger partial charge < -0.3 is 4.74 Å². The molecule has 100 valence electrons. The zero-order valence-electron chi connectivity index (χ0n) is 9.78. The fraction of sp³-hybridized carbons (Fsp3) is 0.167. The van der Waals surface area contributed by atoms with Crippen LogP contribution in [-0.2, 0) is 6.18 Å². The second-order valence-electron chi connectivity index (χ2n) is 3.75. The number of ether oxygens (including phenoxy) is 1. The topological polar surface area (TPSA) is 55.0 Å². The Morgan fingerprint density at radius 2 is 1.95 bits per heavy atom. The Labute approximate surface area is 105 Å². The monoisotopic (exact) mass is 270 g/mol. The summed E-state index contributed by atoms with van der Waals surface area (Å²) in [6.07, 6.45) is -4.48. The zero-order chi connectivity index (χ0) is 14.0. The lowest BCUT2D eigenvalue weighted by atomic mass is 10.1. The van der Waals surface area contributed by atoms with Gasteiger partial charge in [-0.2, -0.15) is 18.3 Å². The number of nitrogens with zero attached hydrogens (tertiary/aromatic N) is 1. The molecule has 1 aromatic heterocycles. The van der Waals surface area contributed by atoms with Crippen molar-refractivity contribution in [1.29, 1.82) is 0 Å². The fourth-order valence-corrected chi connectivity index (χ4v) is 1.53. The third-order valence-electron chi connectivity index (χ3n) is 2.44. The quantitative estimate of drug-likeness (QED) is 0.912. The Balaban J connectivity index is 2.57. The number of hydrogen-bond acceptors (Lipinski definition) is 3. The van der Waals surface area contributed by atoms with Crippen LogP contribution in [0.2, 0.25) is 0 Å². The second kappa shape index (κ2) is 4.75. The molecular weight excluding hydrogens is 261 g/mol. The zero-order valence-corrected chi connectivity index (χ0v) is 9.78. The van der Waals surface area contributed by atoms with E-state index in [0.717, 1.165) is 12.1 Å². The molecule has 0 aliphatic rings. The molecule has 0 unspecified atom stereocenters. The van der Waals surface area contributed by atoms with Crippen LogP contribution in [0.15, 0.2) is 35.1 Å². The number of alkyl halides is 3. The van der Waals surface area contributed by atoms with Crippen molar-refractivity contribution in [2.75, 3.05) is 7.11 Å². The maximum Gasteiger partial charge on any atom is 0.416 e. The van der Waals surface area contributed by atoms with Crippen LogP contribution >= 0.6 is 0 Å². The third kappa shape index (κ3) is 2.93. The molecule has 0 fully saturated rings. The van der Waals surface area contributed by atoms with Gasteiger partial charge in [0.05, 0.1) is 18.4 Å². The van der Waals surface area contributed by atoms with Gasteiger partial charge in [0, 0.05) is 11.6 Å². The van der Waals surface area contributed by atoms with Crippen LogP contribution in [0.3, 0.4) is 0 Å². The minimum atomic E-state index is -4.48. The number of aromatic amines is 1. The number of nitrogens with one attached hydrogen (secondary N) is 1. The molecule has 2 aromatic rings. The summed E-state index contributed by atoms with van der Waals surface area (Å²) in [7, 11) is 1.28. The largest absolute Gasteiger partial charge is 0.497 e. The first kappa shape index (κ1) is 13.1. The van der Waals surface area contributed by atoms with E-state index < -0.39 is 17.3 Å². The van der Waals surface area contributed by atoms with Crippen molar-refractivity contribution in [2.45, 2.75) is 6.18 Å². The van der Waals surface area contributed by atoms with Crippen LogP contribution in [-0.4, -0.2) is 17.3 Å². The van der Waals surface area contributed by atoms with Crippen LogP contribution in [0.1, 0.15) is 5.56 Å². The van der Waals surface area contributed by atoms with Crippen LogP contribution < -0.4 is 10.3 Å². The molecule has 0 radical (unpaired) electrons. The molecule has 2 rings (SSSR count). The average molecular weight is 270 g/mol. The molecule has 4 nitrogen and oxygen atoms in total. The van der Waals surface area contributed by atoms with Crippen molar-refractivity contribution in [3.05, 3.63) is 46.2 Å². The number of rotatable bonds is 2. The van der Waals surface area contributed by atoms with E-state index in [9.17, 15) is 18.0 Å². The molecule has 1 aromatic carbocycles. The Bertz CT molecular complexity index is 630. The van der Waals surface area contributed by atoms with Gasteiger partial charge in [-0.15, -0.1) is 0 Å². The molecule has 0 bridgehead atoms. The summed E-state index contributed by atoms with van der Waals surface area (Å²) in [6.45, 7) is 0. The highest BCUT2D eigenvalue weighted by molar-refractivity contribution is 5.62. The van der Waals surface area contributed by atoms with Crippen LogP contribution in [0.5, 0.6) is 5.75 Å². The van der Waals surface area contributed by atoms with Crippen molar-refractivity contribution in [3.63, 3.8) is 0 Å². The number of halogens is 3. The molecule has 1 heterocycles. The van der Waals surface area contributed by atoms with Gasteiger partial charge in [-0.3, -0.25) is 4.79 Å². The number of methoxy groups -OCH3 is 1. The fourth-order valence-electron chi connectivity index (χ4n) is 1.53. The molecule has 0 saturated heterocycles. The van der Waals surface area contributed by atoms with E-state index in [1.807, 2.05) is 0 Å². The summed E-state index contributed by atoms with van der Waals surface area (Å²) in [6, 6.07) is 5.79. The minimum Gasteiger partial charge on any atom is -0.497 e. The Morgan fingerprint density at radius 3 is 2.47 bits per heavy atom. The maximum absolute atomic E-state index is 12.7. The third-order valence-corrected chi connectivity index (χ3v) is 2.44. The van der Waals surface area contributed by atoms with Crippen LogP contribution in [0.4, 0.5) is 13.2 Å². The molecular formula is C12H9F3N2O2. The first-order valence-electron chi connectivity index (χ1n) is 5.22. The van der Waals surface area contributed by atoms with E-state index in [-0.39, 0.29) is 17.0 Å². The highest BCUT2D eigenvalue weighted by atomic mass is 19.4. The van der Waals surface area contributed by atoms with Crippen molar-refractivity contribution >= 4 is 0 Å². The number of hydrogen-bond donors (Lipinski definition) is 1. The number of benzene rings is 1. The highest BCUT2D eigenvalue weighted by Gasteiger charge is 2.31. The van der Waals surface area contributed by atoms with Crippen molar-refractivity contribution in [1.82, 2.24) is 10.2 Å². The van der Waals surface area contributed by atoms with Crippen LogP contribution in [0.25, 0.3) is 11.3 Å². The second-order valence-corrected chi connectivity index (χ2v) is 3.75. The van der Waals surface area contributed by atoms with Gasteiger partial charge >= 0.3 is 6.18 Å². The highest BCUT2D eigenvalue weighted by Crippen LogP contribution is 2.34. The van der Waals surface area contributed by atoms with E-state index in [1.54, 1.807) is 0 Å². The predicted octanol–water partition coefficient (Wildman–Crippen LogP) is 2.46. The van der Waals surface area contributed by atoms with E-state index in [1.165, 1.54) is 25.3 Å². The average Bonchev–Trinajstić information content (AvgIpc) is 2.38. The summed E-state index contributed by atoms with van der Waals surface area (Å²) < 4.78 is 43.0. The van der Waals surface area contributed by atoms with Gasteiger partial charge in [-0.25, -0.2) is 5.10 Å². The Morgan fingerprint density at radius 1 is 1.21 bits per heavy atom. The predicted molar refractivity (Wildman–Crippen MR) is 61.8 cm³/mol. The molecule has 0 aliphatic carbocycles. The van der Waals surface area contributed by atoms with Gasteiger partial charge in [0.2, 0.25) is 0 Å². The van der Waals surface area contributed by atoms with Gasteiger partial charge in [-0.05, 0) is 24.3 Å². The normalized spacial score (nSPS) is 11.4. The molecule has 1 N–H and O–H groups in total. The number of H-pyrrole nitrogens is 1. The lowest BCUT2D eigenvalue weighted by Crippen LogP contribution is -2.07. The molecule has 7 heteroatoms. The molecule has 0 amide bonds. The van der Waals surface area contributed by atoms with Gasteiger partial charge in [-0.1, -0.05) is 0 Å². The van der Waals surface area contributed by atoms with E-state index >= 15 is 0 Å². The lowest BCUT2D eigenvalue weighted by molar-refractivity contribution is -0.137. The van der Waals surface area contributed by atoms with E-state index in [4.69, 9.17) is 4.74 Å². The molecule has 0 aliphatic heterocycles. The first-order chi connectivity index (χ1) is 8.90. The minimum absolute atomic E-state index is 0.0674. The summed E-state index contributed by atoms with van der Waals surface area (Å²) in [5, 5.41) is 5.85. The van der Waals surface area contributed by atoms with Gasteiger partial charge in [0.15, 0.2) is 0 Å². The Hall–Kier alpha value is -2.31. The molecule has 0 atom stereocenters. The summed E-state index contributed by atoms with van der Waals surface area (Å²) >= 11 is 0. The summed E-state index contributed by atoms with van der Waals surface area (Å²) in [5.74, 6) is 0.0674. The maximum atomic E-state index is 12.7. The van der Waals surface area contributed by atoms with E-state index in [0.29, 0.717) is 0 Å². The summed E-state index contributed by atoms with van der Waals surface area (Å²) in [5.41, 5.74) is -0.829. The summed E-state index contributed by atoms with van der Waals surface area (Å²) in [4.78, 5) is 10.9. The van der Waals surface area contributed by atoms with Crippen molar-refractivity contribution in [2.24, 2.45) is 0 Å². The molecule has 19 heavy (non-hydrogen) atoms. The smallest absolute Gasteiger partial charge is 0.416 e. The standard InChI is InChI=1S/C12H9F3N2O2/c1-19-9-5-7(4-8(6-9)12(13,14)15)10-2-3-11(18)17-16-10/h2-6H,1H3,(H,17,18).